The Balaban J connectivity index is 1.08. The summed E-state index contributed by atoms with van der Waals surface area (Å²) in [5.74, 6) is -2.72. The van der Waals surface area contributed by atoms with Gasteiger partial charge in [0.25, 0.3) is 0 Å². The molecule has 8 aliphatic rings. The molecule has 4 heterocycles. The molecule has 27 atom stereocenters. The highest BCUT2D eigenvalue weighted by molar-refractivity contribution is 5.27. The Morgan fingerprint density at radius 1 is 0.627 bits per heavy atom. The van der Waals surface area contributed by atoms with E-state index in [1.807, 2.05) is 19.9 Å². The molecule has 0 aromatic rings. The van der Waals surface area contributed by atoms with Gasteiger partial charge < -0.3 is 94.4 Å². The highest BCUT2D eigenvalue weighted by atomic mass is 16.8. The summed E-state index contributed by atoms with van der Waals surface area (Å²) in [4.78, 5) is 0. The van der Waals surface area contributed by atoms with Crippen LogP contribution in [0.25, 0.3) is 0 Å². The van der Waals surface area contributed by atoms with Gasteiger partial charge >= 0.3 is 0 Å². The first-order valence-corrected chi connectivity index (χ1v) is 24.5. The van der Waals surface area contributed by atoms with Crippen LogP contribution in [0.1, 0.15) is 107 Å². The summed E-state index contributed by atoms with van der Waals surface area (Å²) >= 11 is 0. The fourth-order valence-corrected chi connectivity index (χ4v) is 15.4. The van der Waals surface area contributed by atoms with Gasteiger partial charge in [0, 0.05) is 5.41 Å². The summed E-state index contributed by atoms with van der Waals surface area (Å²) in [5.41, 5.74) is -2.50. The fourth-order valence-electron chi connectivity index (χ4n) is 15.4. The van der Waals surface area contributed by atoms with Crippen LogP contribution < -0.4 is 0 Å². The number of aliphatic hydroxyl groups is 12. The molecule has 4 aliphatic carbocycles. The molecule has 12 N–H and O–H groups in total. The second kappa shape index (κ2) is 18.2. The summed E-state index contributed by atoms with van der Waals surface area (Å²) in [6.07, 6.45) is -20.1. The molecule has 8 rings (SSSR count). The van der Waals surface area contributed by atoms with Gasteiger partial charge in [-0.2, -0.15) is 0 Å². The Morgan fingerprint density at radius 3 is 1.84 bits per heavy atom. The summed E-state index contributed by atoms with van der Waals surface area (Å²) in [6, 6.07) is 0. The zero-order chi connectivity index (χ0) is 49.3. The number of aliphatic hydroxyl groups excluding tert-OH is 10. The molecule has 0 unspecified atom stereocenters. The lowest BCUT2D eigenvalue weighted by molar-refractivity contribution is -0.398. The Labute approximate surface area is 392 Å². The van der Waals surface area contributed by atoms with E-state index in [0.29, 0.717) is 32.1 Å². The summed E-state index contributed by atoms with van der Waals surface area (Å²) in [7, 11) is 0. The van der Waals surface area contributed by atoms with E-state index >= 15 is 0 Å². The lowest BCUT2D eigenvalue weighted by Crippen LogP contribution is -2.68. The quantitative estimate of drug-likeness (QED) is 0.0953. The van der Waals surface area contributed by atoms with Crippen LogP contribution in [0.5, 0.6) is 0 Å². The van der Waals surface area contributed by atoms with Crippen molar-refractivity contribution in [1.82, 2.24) is 0 Å². The molecule has 4 saturated heterocycles. The molecule has 0 aromatic carbocycles. The summed E-state index contributed by atoms with van der Waals surface area (Å²) < 4.78 is 43.6. The van der Waals surface area contributed by atoms with Crippen molar-refractivity contribution in [2.45, 2.75) is 229 Å². The number of fused-ring (bicyclic) bond motifs is 7. The van der Waals surface area contributed by atoms with E-state index in [9.17, 15) is 61.3 Å². The van der Waals surface area contributed by atoms with Gasteiger partial charge in [-0.05, 0) is 107 Å². The van der Waals surface area contributed by atoms with Gasteiger partial charge in [0.05, 0.1) is 43.0 Å². The van der Waals surface area contributed by atoms with Crippen LogP contribution in [-0.4, -0.2) is 196 Å². The molecule has 0 aromatic heterocycles. The molecule has 67 heavy (non-hydrogen) atoms. The molecule has 0 bridgehead atoms. The maximum Gasteiger partial charge on any atom is 0.198 e. The van der Waals surface area contributed by atoms with Crippen molar-refractivity contribution in [1.29, 1.82) is 0 Å². The average molecular weight is 961 g/mol. The Bertz CT molecular complexity index is 1800. The second-order valence-corrected chi connectivity index (χ2v) is 23.3. The second-order valence-electron chi connectivity index (χ2n) is 23.3. The van der Waals surface area contributed by atoms with Gasteiger partial charge in [-0.3, -0.25) is 0 Å². The number of hydrogen-bond acceptors (Lipinski definition) is 19. The number of hydrogen-bond donors (Lipinski definition) is 12. The normalized spacial score (nSPS) is 57.2. The highest BCUT2D eigenvalue weighted by Gasteiger charge is 2.81. The third-order valence-corrected chi connectivity index (χ3v) is 19.3. The Hall–Kier alpha value is -1.02. The molecule has 4 aliphatic heterocycles. The molecule has 19 nitrogen and oxygen atoms in total. The van der Waals surface area contributed by atoms with Crippen molar-refractivity contribution in [2.24, 2.45) is 45.3 Å². The van der Waals surface area contributed by atoms with Crippen LogP contribution >= 0.6 is 0 Å². The van der Waals surface area contributed by atoms with Gasteiger partial charge in [-0.15, -0.1) is 0 Å². The van der Waals surface area contributed by atoms with Gasteiger partial charge in [0.1, 0.15) is 73.2 Å². The largest absolute Gasteiger partial charge is 0.394 e. The molecule has 8 fully saturated rings. The number of rotatable bonds is 10. The van der Waals surface area contributed by atoms with Crippen LogP contribution in [0, 0.1) is 45.3 Å². The van der Waals surface area contributed by atoms with E-state index in [1.165, 1.54) is 6.92 Å². The molecule has 386 valence electrons. The SMILES string of the molecule is CC(C)=CC[C@H]1O[C@]2(O)[C@@H]([C@H]3CC[C@@H]4[C@@]5(C)CC[C@H](O[C@@H]6O[C@H](CO)[C@H](O)[C@H](O[C@@H]7O[C@H](CO)[C@@H](O)[C@H](O)[C@H]7O)[C@H]6O[C@@H]6O[C@@H](C)[C@H](O)[C@@H](O)[C@H]6O)C(C)(C)[C@@H]5CC[C@@]4(C)[C@]3(C)[C@H]2O)[C@@]1(C)O. The topological polar surface area (TPSA) is 307 Å². The summed E-state index contributed by atoms with van der Waals surface area (Å²) in [6.45, 7) is 16.5. The first-order chi connectivity index (χ1) is 31.2. The van der Waals surface area contributed by atoms with Crippen molar-refractivity contribution >= 4 is 0 Å². The molecule has 0 radical (unpaired) electrons. The van der Waals surface area contributed by atoms with Crippen molar-refractivity contribution in [3.63, 3.8) is 0 Å². The zero-order valence-electron chi connectivity index (χ0n) is 40.4. The van der Waals surface area contributed by atoms with E-state index in [-0.39, 0.29) is 23.2 Å². The lowest BCUT2D eigenvalue weighted by atomic mass is 9.35. The van der Waals surface area contributed by atoms with Crippen LogP contribution in [0.3, 0.4) is 0 Å². The number of ether oxygens (including phenoxy) is 7. The van der Waals surface area contributed by atoms with E-state index < -0.39 is 157 Å². The first-order valence-electron chi connectivity index (χ1n) is 24.5. The van der Waals surface area contributed by atoms with E-state index in [2.05, 4.69) is 34.6 Å². The third-order valence-electron chi connectivity index (χ3n) is 19.3. The molecule has 0 amide bonds. The van der Waals surface area contributed by atoms with E-state index in [4.69, 9.17) is 33.2 Å². The minimum absolute atomic E-state index is 0.0373. The standard InChI is InChI=1S/C48H80O19/c1-20(2)10-13-28-47(9,59)38-22-11-12-26-44(6)16-15-27(43(4,5)25(44)14-17-45(26,7)46(22,8)42(58)48(38,60)67-28)64-41-37(66-39-34(56)32(54)29(51)21(3)61-39)36(31(53)24(19-50)63-41)65-40-35(57)33(55)30(52)23(18-49)62-40/h10,21-42,49-60H,11-19H2,1-9H3/t21-,22+,23+,24+,25-,26+,27-,28+,29-,30+,31-,32+,33-,34+,35+,36-,37+,38-,39-,40-,41-,42+,44-,45+,46-,47-,48+/m0/s1. The predicted molar refractivity (Wildman–Crippen MR) is 233 cm³/mol. The Morgan fingerprint density at radius 2 is 1.21 bits per heavy atom. The van der Waals surface area contributed by atoms with Gasteiger partial charge in [-0.25, -0.2) is 0 Å². The van der Waals surface area contributed by atoms with Crippen LogP contribution in [0.2, 0.25) is 0 Å². The van der Waals surface area contributed by atoms with Crippen molar-refractivity contribution in [2.75, 3.05) is 13.2 Å². The Kier molecular flexibility index (Phi) is 14.2. The average Bonchev–Trinajstić information content (AvgIpc) is 3.59. The molecular formula is C48H80O19. The van der Waals surface area contributed by atoms with Crippen molar-refractivity contribution in [3.05, 3.63) is 11.6 Å². The van der Waals surface area contributed by atoms with Gasteiger partial charge in [0.2, 0.25) is 0 Å². The molecular weight excluding hydrogens is 881 g/mol. The van der Waals surface area contributed by atoms with E-state index in [0.717, 1.165) is 18.4 Å². The highest BCUT2D eigenvalue weighted by Crippen LogP contribution is 2.78. The number of allylic oxidation sites excluding steroid dienone is 1. The lowest BCUT2D eigenvalue weighted by Gasteiger charge is -2.70. The third kappa shape index (κ3) is 7.87. The van der Waals surface area contributed by atoms with Crippen LogP contribution in [-0.2, 0) is 33.2 Å². The monoisotopic (exact) mass is 961 g/mol. The minimum Gasteiger partial charge on any atom is -0.394 e. The van der Waals surface area contributed by atoms with Crippen LogP contribution in [0.4, 0.5) is 0 Å². The predicted octanol–water partition coefficient (Wildman–Crippen LogP) is -0.692. The molecule has 4 saturated carbocycles. The summed E-state index contributed by atoms with van der Waals surface area (Å²) in [5, 5.41) is 134. The fraction of sp³-hybridized carbons (Fsp3) is 0.958. The maximum absolute atomic E-state index is 12.5. The molecule has 19 heteroatoms. The van der Waals surface area contributed by atoms with Crippen molar-refractivity contribution in [3.8, 4) is 0 Å². The van der Waals surface area contributed by atoms with Gasteiger partial charge in [0.15, 0.2) is 24.7 Å². The van der Waals surface area contributed by atoms with Crippen LogP contribution in [0.15, 0.2) is 11.6 Å². The van der Waals surface area contributed by atoms with Crippen molar-refractivity contribution < 1.29 is 94.4 Å². The zero-order valence-corrected chi connectivity index (χ0v) is 40.4. The maximum atomic E-state index is 12.5. The van der Waals surface area contributed by atoms with E-state index in [1.54, 1.807) is 6.92 Å². The minimum atomic E-state index is -1.93. The first kappa shape index (κ1) is 52.3. The smallest absolute Gasteiger partial charge is 0.198 e. The van der Waals surface area contributed by atoms with Gasteiger partial charge in [-0.1, -0.05) is 46.3 Å². The molecule has 0 spiro atoms.